The average molecular weight is 215 g/mol. The summed E-state index contributed by atoms with van der Waals surface area (Å²) in [7, 11) is 0. The van der Waals surface area contributed by atoms with Crippen molar-refractivity contribution in [1.82, 2.24) is 5.32 Å². The van der Waals surface area contributed by atoms with E-state index >= 15 is 0 Å². The van der Waals surface area contributed by atoms with Gasteiger partial charge in [-0.1, -0.05) is 32.0 Å². The average Bonchev–Trinajstić information content (AvgIpc) is 2.52. The van der Waals surface area contributed by atoms with Crippen LogP contribution in [0.1, 0.15) is 33.1 Å². The Balaban J connectivity index is 2.36. The van der Waals surface area contributed by atoms with Crippen LogP contribution in [-0.4, -0.2) is 22.8 Å². The molecule has 0 spiro atoms. The molecule has 2 atom stereocenters. The maximum atomic E-state index is 11.6. The van der Waals surface area contributed by atoms with Crippen LogP contribution in [0, 0.1) is 5.92 Å². The molecule has 0 bridgehead atoms. The quantitative estimate of drug-likeness (QED) is 0.774. The minimum absolute atomic E-state index is 0.0210. The zero-order valence-electron chi connectivity index (χ0n) is 8.71. The molecule has 0 saturated carbocycles. The molecule has 1 N–H and O–H groups in total. The minimum Gasteiger partial charge on any atom is -0.345 e. The van der Waals surface area contributed by atoms with Crippen LogP contribution in [0.25, 0.3) is 0 Å². The van der Waals surface area contributed by atoms with E-state index in [1.54, 1.807) is 0 Å². The number of hydrogen-bond donors (Lipinski definition) is 1. The molecule has 0 aromatic carbocycles. The van der Waals surface area contributed by atoms with Gasteiger partial charge in [-0.2, -0.15) is 0 Å². The number of amides is 1. The molecule has 1 saturated heterocycles. The van der Waals surface area contributed by atoms with E-state index in [1.165, 1.54) is 11.8 Å². The number of thioether (sulfide) groups is 1. The highest BCUT2D eigenvalue weighted by atomic mass is 32.2. The molecule has 0 unspecified atom stereocenters. The summed E-state index contributed by atoms with van der Waals surface area (Å²) in [5.74, 6) is 0.887. The second-order valence-corrected chi connectivity index (χ2v) is 4.81. The number of nitrogens with one attached hydrogen (secondary N) is 1. The summed E-state index contributed by atoms with van der Waals surface area (Å²) < 4.78 is 0. The second-order valence-electron chi connectivity index (χ2n) is 3.71. The normalized spacial score (nSPS) is 23.6. The smallest absolute Gasteiger partial charge is 0.223 e. The summed E-state index contributed by atoms with van der Waals surface area (Å²) in [5, 5.41) is 2.92. The van der Waals surface area contributed by atoms with Crippen LogP contribution in [0.2, 0.25) is 0 Å². The highest BCUT2D eigenvalue weighted by Gasteiger charge is 2.27. The number of rotatable bonds is 4. The Kier molecular flexibility index (Phi) is 4.45. The summed E-state index contributed by atoms with van der Waals surface area (Å²) >= 11 is 1.32. The lowest BCUT2D eigenvalue weighted by Crippen LogP contribution is -2.40. The first kappa shape index (κ1) is 11.6. The van der Waals surface area contributed by atoms with Gasteiger partial charge in [0, 0.05) is 11.7 Å². The second kappa shape index (κ2) is 5.39. The van der Waals surface area contributed by atoms with E-state index in [0.717, 1.165) is 25.0 Å². The molecule has 0 aromatic heterocycles. The van der Waals surface area contributed by atoms with Gasteiger partial charge in [-0.05, 0) is 12.8 Å². The van der Waals surface area contributed by atoms with E-state index in [4.69, 9.17) is 0 Å². The maximum Gasteiger partial charge on any atom is 0.223 e. The number of hydrogen-bond acceptors (Lipinski definition) is 3. The zero-order chi connectivity index (χ0) is 10.6. The van der Waals surface area contributed by atoms with Crippen molar-refractivity contribution in [3.63, 3.8) is 0 Å². The molecule has 0 radical (unpaired) electrons. The topological polar surface area (TPSA) is 46.2 Å². The molecule has 1 rings (SSSR count). The van der Waals surface area contributed by atoms with Crippen LogP contribution in [0.5, 0.6) is 0 Å². The fraction of sp³-hybridized carbons (Fsp3) is 0.800. The molecule has 3 nitrogen and oxygen atoms in total. The van der Waals surface area contributed by atoms with Gasteiger partial charge in [0.25, 0.3) is 0 Å². The molecule has 1 heterocycles. The Morgan fingerprint density at radius 1 is 1.71 bits per heavy atom. The van der Waals surface area contributed by atoms with Crippen molar-refractivity contribution in [2.75, 3.05) is 5.75 Å². The Hall–Kier alpha value is -0.510. The van der Waals surface area contributed by atoms with Crippen molar-refractivity contribution in [2.45, 2.75) is 39.2 Å². The van der Waals surface area contributed by atoms with Gasteiger partial charge in [-0.15, -0.1) is 0 Å². The first-order valence-corrected chi connectivity index (χ1v) is 6.10. The van der Waals surface area contributed by atoms with Crippen LogP contribution in [0.3, 0.4) is 0 Å². The molecule has 14 heavy (non-hydrogen) atoms. The molecule has 1 fully saturated rings. The van der Waals surface area contributed by atoms with Gasteiger partial charge in [0.15, 0.2) is 0 Å². The summed E-state index contributed by atoms with van der Waals surface area (Å²) in [5.41, 5.74) is 0. The first-order chi connectivity index (χ1) is 6.65. The lowest BCUT2D eigenvalue weighted by molar-refractivity contribution is -0.127. The molecule has 0 aliphatic carbocycles. The van der Waals surface area contributed by atoms with Crippen molar-refractivity contribution >= 4 is 22.8 Å². The minimum atomic E-state index is -0.230. The van der Waals surface area contributed by atoms with E-state index in [0.29, 0.717) is 0 Å². The first-order valence-electron chi connectivity index (χ1n) is 5.12. The third-order valence-corrected chi connectivity index (χ3v) is 3.43. The molecule has 4 heteroatoms. The monoisotopic (exact) mass is 215 g/mol. The van der Waals surface area contributed by atoms with Gasteiger partial charge >= 0.3 is 0 Å². The maximum absolute atomic E-state index is 11.6. The highest BCUT2D eigenvalue weighted by molar-refractivity contribution is 8.14. The van der Waals surface area contributed by atoms with Gasteiger partial charge in [0.1, 0.15) is 0 Å². The van der Waals surface area contributed by atoms with E-state index in [2.05, 4.69) is 12.2 Å². The van der Waals surface area contributed by atoms with Crippen LogP contribution in [0.15, 0.2) is 0 Å². The van der Waals surface area contributed by atoms with Crippen molar-refractivity contribution in [3.8, 4) is 0 Å². The summed E-state index contributed by atoms with van der Waals surface area (Å²) in [6.07, 6.45) is 2.68. The van der Waals surface area contributed by atoms with Crippen LogP contribution in [-0.2, 0) is 9.59 Å². The standard InChI is InChI=1S/C10H17NO2S/c1-3-4-7(2)9(12)11-8-5-6-14-10(8)13/h7-8H,3-6H2,1-2H3,(H,11,12)/t7-,8+/m1/s1. The van der Waals surface area contributed by atoms with Crippen molar-refractivity contribution in [3.05, 3.63) is 0 Å². The van der Waals surface area contributed by atoms with Gasteiger partial charge in [0.2, 0.25) is 11.0 Å². The lowest BCUT2D eigenvalue weighted by atomic mass is 10.0. The fourth-order valence-electron chi connectivity index (χ4n) is 1.50. The number of carbonyl (C=O) groups is 2. The molecular weight excluding hydrogens is 198 g/mol. The fourth-order valence-corrected chi connectivity index (χ4v) is 2.44. The Morgan fingerprint density at radius 2 is 2.43 bits per heavy atom. The Labute approximate surface area is 89.0 Å². The predicted molar refractivity (Wildman–Crippen MR) is 58.1 cm³/mol. The molecule has 80 valence electrons. The largest absolute Gasteiger partial charge is 0.345 e. The van der Waals surface area contributed by atoms with Crippen LogP contribution in [0.4, 0.5) is 0 Å². The SMILES string of the molecule is CCC[C@@H](C)C(=O)N[C@H]1CCSC1=O. The van der Waals surface area contributed by atoms with Gasteiger partial charge in [-0.3, -0.25) is 9.59 Å². The third-order valence-electron chi connectivity index (χ3n) is 2.42. The summed E-state index contributed by atoms with van der Waals surface area (Å²) in [6.45, 7) is 3.96. The lowest BCUT2D eigenvalue weighted by Gasteiger charge is -2.14. The van der Waals surface area contributed by atoms with Crippen LogP contribution >= 0.6 is 11.8 Å². The molecule has 1 aliphatic heterocycles. The van der Waals surface area contributed by atoms with Gasteiger partial charge in [0.05, 0.1) is 6.04 Å². The van der Waals surface area contributed by atoms with E-state index < -0.39 is 0 Å². The third kappa shape index (κ3) is 3.01. The van der Waals surface area contributed by atoms with Crippen molar-refractivity contribution in [1.29, 1.82) is 0 Å². The van der Waals surface area contributed by atoms with Crippen molar-refractivity contribution in [2.24, 2.45) is 5.92 Å². The number of carbonyl (C=O) groups excluding carboxylic acids is 2. The highest BCUT2D eigenvalue weighted by Crippen LogP contribution is 2.20. The molecular formula is C10H17NO2S. The zero-order valence-corrected chi connectivity index (χ0v) is 9.52. The molecule has 0 aromatic rings. The van der Waals surface area contributed by atoms with Gasteiger partial charge in [-0.25, -0.2) is 0 Å². The summed E-state index contributed by atoms with van der Waals surface area (Å²) in [6, 6.07) is -0.230. The summed E-state index contributed by atoms with van der Waals surface area (Å²) in [4.78, 5) is 22.8. The van der Waals surface area contributed by atoms with E-state index in [9.17, 15) is 9.59 Å². The predicted octanol–water partition coefficient (Wildman–Crippen LogP) is 1.57. The Bertz CT molecular complexity index is 230. The van der Waals surface area contributed by atoms with Gasteiger partial charge < -0.3 is 5.32 Å². The van der Waals surface area contributed by atoms with Crippen LogP contribution < -0.4 is 5.32 Å². The van der Waals surface area contributed by atoms with Crippen molar-refractivity contribution < 1.29 is 9.59 Å². The Morgan fingerprint density at radius 3 is 2.93 bits per heavy atom. The molecule has 1 amide bonds. The van der Waals surface area contributed by atoms with E-state index in [1.807, 2.05) is 6.92 Å². The van der Waals surface area contributed by atoms with E-state index in [-0.39, 0.29) is 23.0 Å². The molecule has 1 aliphatic rings.